The van der Waals surface area contributed by atoms with Gasteiger partial charge in [0.1, 0.15) is 17.6 Å². The van der Waals surface area contributed by atoms with Gasteiger partial charge in [0.05, 0.1) is 24.6 Å². The third-order valence-electron chi connectivity index (χ3n) is 4.84. The second kappa shape index (κ2) is 8.48. The van der Waals surface area contributed by atoms with Crippen molar-refractivity contribution in [2.24, 2.45) is 0 Å². The number of aliphatic hydroxyl groups is 2. The van der Waals surface area contributed by atoms with Gasteiger partial charge < -0.3 is 33.9 Å². The van der Waals surface area contributed by atoms with Crippen LogP contribution >= 0.6 is 0 Å². The number of hydrogen-bond donors (Lipinski definition) is 2. The fourth-order valence-corrected chi connectivity index (χ4v) is 3.35. The van der Waals surface area contributed by atoms with E-state index >= 15 is 0 Å². The van der Waals surface area contributed by atoms with Crippen LogP contribution in [0.2, 0.25) is 0 Å². The van der Waals surface area contributed by atoms with Crippen molar-refractivity contribution in [3.8, 4) is 11.5 Å². The highest BCUT2D eigenvalue weighted by Crippen LogP contribution is 2.39. The summed E-state index contributed by atoms with van der Waals surface area (Å²) in [7, 11) is 0.471. The molecule has 2 aromatic carbocycles. The van der Waals surface area contributed by atoms with Crippen molar-refractivity contribution in [1.29, 1.82) is 0 Å². The lowest BCUT2D eigenvalue weighted by Crippen LogP contribution is -2.37. The molecule has 32 heavy (non-hydrogen) atoms. The molecule has 0 radical (unpaired) electrons. The van der Waals surface area contributed by atoms with Crippen molar-refractivity contribution in [2.45, 2.75) is 18.7 Å². The summed E-state index contributed by atoms with van der Waals surface area (Å²) in [4.78, 5) is 1.36. The Hall–Kier alpha value is -3.63. The molecule has 11 heteroatoms. The van der Waals surface area contributed by atoms with Crippen molar-refractivity contribution in [3.05, 3.63) is 77.9 Å². The second-order valence-corrected chi connectivity index (χ2v) is 7.23. The minimum Gasteiger partial charge on any atom is -0.494 e. The molecule has 1 unspecified atom stereocenters. The lowest BCUT2D eigenvalue weighted by atomic mass is 9.79. The Morgan fingerprint density at radius 2 is 1.69 bits per heavy atom. The first-order valence-electron chi connectivity index (χ1n) is 9.66. The molecule has 0 fully saturated rings. The summed E-state index contributed by atoms with van der Waals surface area (Å²) in [6.45, 7) is 0.229. The Labute approximate surface area is 182 Å². The van der Waals surface area contributed by atoms with E-state index in [9.17, 15) is 23.4 Å². The smallest absolute Gasteiger partial charge is 0.494 e. The standard InChI is InChI=1S/C21H19BF3NO6/c1-26-11-19(27)31-22(32-20(28)12-26)14-3-5-15(6-4-14)30-17-8-9-29-18-10-13(21(23,24)25)2-7-16(17)18/h2-7,10-12,17,27-28H,8-9H2,1H3/b19-11-,20-12?. The van der Waals surface area contributed by atoms with Crippen LogP contribution in [0, 0.1) is 0 Å². The molecule has 0 aliphatic carbocycles. The molecule has 1 atom stereocenters. The zero-order chi connectivity index (χ0) is 22.9. The van der Waals surface area contributed by atoms with E-state index in [1.807, 2.05) is 0 Å². The molecular weight excluding hydrogens is 430 g/mol. The van der Waals surface area contributed by atoms with Crippen LogP contribution in [0.5, 0.6) is 11.5 Å². The first-order chi connectivity index (χ1) is 15.2. The molecule has 2 aromatic rings. The van der Waals surface area contributed by atoms with Gasteiger partial charge >= 0.3 is 13.3 Å². The lowest BCUT2D eigenvalue weighted by Gasteiger charge is -2.27. The van der Waals surface area contributed by atoms with Gasteiger partial charge in [0.15, 0.2) is 0 Å². The van der Waals surface area contributed by atoms with Crippen molar-refractivity contribution >= 4 is 12.6 Å². The SMILES string of the molecule is CN1C=C(O)OB(c2ccc(OC3CCOc4cc(C(F)(F)F)ccc43)cc2)O/C(O)=C\1. The highest BCUT2D eigenvalue weighted by molar-refractivity contribution is 6.61. The maximum Gasteiger partial charge on any atom is 0.636 e. The molecule has 0 saturated heterocycles. The van der Waals surface area contributed by atoms with Gasteiger partial charge in [-0.05, 0) is 24.3 Å². The van der Waals surface area contributed by atoms with E-state index in [1.165, 1.54) is 23.4 Å². The number of alkyl halides is 3. The van der Waals surface area contributed by atoms with E-state index in [2.05, 4.69) is 0 Å². The average Bonchev–Trinajstić information content (AvgIpc) is 2.72. The Morgan fingerprint density at radius 3 is 2.31 bits per heavy atom. The summed E-state index contributed by atoms with van der Waals surface area (Å²) < 4.78 is 60.9. The van der Waals surface area contributed by atoms with Crippen molar-refractivity contribution in [2.75, 3.05) is 13.7 Å². The van der Waals surface area contributed by atoms with Gasteiger partial charge in [-0.25, -0.2) is 0 Å². The quantitative estimate of drug-likeness (QED) is 0.686. The van der Waals surface area contributed by atoms with Gasteiger partial charge in [0, 0.05) is 24.5 Å². The first kappa shape index (κ1) is 21.6. The van der Waals surface area contributed by atoms with Crippen molar-refractivity contribution < 1.29 is 42.2 Å². The number of benzene rings is 2. The third kappa shape index (κ3) is 4.82. The summed E-state index contributed by atoms with van der Waals surface area (Å²) in [5.41, 5.74) is 0.250. The van der Waals surface area contributed by atoms with Crippen molar-refractivity contribution in [1.82, 2.24) is 4.90 Å². The fraction of sp³-hybridized carbons (Fsp3) is 0.238. The highest BCUT2D eigenvalue weighted by Gasteiger charge is 2.34. The van der Waals surface area contributed by atoms with Crippen molar-refractivity contribution in [3.63, 3.8) is 0 Å². The van der Waals surface area contributed by atoms with Crippen LogP contribution in [0.4, 0.5) is 13.2 Å². The molecule has 2 heterocycles. The molecule has 0 saturated carbocycles. The molecule has 4 rings (SSSR count). The van der Waals surface area contributed by atoms with Crippen LogP contribution in [0.1, 0.15) is 23.7 Å². The monoisotopic (exact) mass is 449 g/mol. The molecule has 0 spiro atoms. The van der Waals surface area contributed by atoms with Gasteiger partial charge in [-0.1, -0.05) is 18.2 Å². The number of ether oxygens (including phenoxy) is 2. The molecule has 2 N–H and O–H groups in total. The highest BCUT2D eigenvalue weighted by atomic mass is 19.4. The first-order valence-corrected chi connectivity index (χ1v) is 9.66. The summed E-state index contributed by atoms with van der Waals surface area (Å²) in [6.07, 6.45) is -1.94. The summed E-state index contributed by atoms with van der Waals surface area (Å²) in [5.74, 6) is -0.188. The Balaban J connectivity index is 1.49. The molecule has 0 amide bonds. The van der Waals surface area contributed by atoms with Crippen LogP contribution in [-0.2, 0) is 15.5 Å². The van der Waals surface area contributed by atoms with Gasteiger partial charge in [-0.2, -0.15) is 13.2 Å². The predicted molar refractivity (Wildman–Crippen MR) is 108 cm³/mol. The molecule has 7 nitrogen and oxygen atoms in total. The minimum absolute atomic E-state index is 0.151. The fourth-order valence-electron chi connectivity index (χ4n) is 3.35. The molecule has 0 aromatic heterocycles. The molecular formula is C21H19BF3NO6. The van der Waals surface area contributed by atoms with Gasteiger partial charge in [-0.15, -0.1) is 0 Å². The number of halogens is 3. The average molecular weight is 449 g/mol. The number of hydrogen-bond acceptors (Lipinski definition) is 7. The zero-order valence-electron chi connectivity index (χ0n) is 16.9. The van der Waals surface area contributed by atoms with Crippen LogP contribution in [0.25, 0.3) is 0 Å². The Kier molecular flexibility index (Phi) is 5.73. The maximum absolute atomic E-state index is 13.0. The maximum atomic E-state index is 13.0. The number of fused-ring (bicyclic) bond motifs is 1. The predicted octanol–water partition coefficient (Wildman–Crippen LogP) is 4.00. The van der Waals surface area contributed by atoms with Crippen LogP contribution in [0.3, 0.4) is 0 Å². The Bertz CT molecular complexity index is 1020. The number of aliphatic hydroxyl groups excluding tert-OH is 2. The van der Waals surface area contributed by atoms with E-state index in [1.54, 1.807) is 31.3 Å². The van der Waals surface area contributed by atoms with Crippen LogP contribution < -0.4 is 14.9 Å². The second-order valence-electron chi connectivity index (χ2n) is 7.23. The Morgan fingerprint density at radius 1 is 1.03 bits per heavy atom. The summed E-state index contributed by atoms with van der Waals surface area (Å²) >= 11 is 0. The number of rotatable bonds is 3. The summed E-state index contributed by atoms with van der Waals surface area (Å²) in [6, 6.07) is 9.87. The van der Waals surface area contributed by atoms with E-state index in [4.69, 9.17) is 18.8 Å². The van der Waals surface area contributed by atoms with E-state index in [0.717, 1.165) is 12.1 Å². The van der Waals surface area contributed by atoms with E-state index in [-0.39, 0.29) is 12.4 Å². The van der Waals surface area contributed by atoms with Crippen LogP contribution in [-0.4, -0.2) is 35.9 Å². The van der Waals surface area contributed by atoms with Gasteiger partial charge in [0.25, 0.3) is 11.9 Å². The minimum atomic E-state index is -4.45. The lowest BCUT2D eigenvalue weighted by molar-refractivity contribution is -0.137. The van der Waals surface area contributed by atoms with E-state index in [0.29, 0.717) is 23.2 Å². The molecule has 2 aliphatic rings. The molecule has 0 bridgehead atoms. The van der Waals surface area contributed by atoms with E-state index < -0.39 is 36.9 Å². The molecule has 168 valence electrons. The van der Waals surface area contributed by atoms with Gasteiger partial charge in [-0.3, -0.25) is 0 Å². The summed E-state index contributed by atoms with van der Waals surface area (Å²) in [5, 5.41) is 19.7. The largest absolute Gasteiger partial charge is 0.636 e. The topological polar surface area (TPSA) is 80.6 Å². The zero-order valence-corrected chi connectivity index (χ0v) is 16.9. The molecule has 2 aliphatic heterocycles. The number of nitrogens with zero attached hydrogens (tertiary/aromatic N) is 1. The van der Waals surface area contributed by atoms with Crippen LogP contribution in [0.15, 0.2) is 66.8 Å². The van der Waals surface area contributed by atoms with Gasteiger partial charge in [0.2, 0.25) is 0 Å². The normalized spacial score (nSPS) is 20.3. The third-order valence-corrected chi connectivity index (χ3v) is 4.84.